The van der Waals surface area contributed by atoms with E-state index in [2.05, 4.69) is 128 Å². The van der Waals surface area contributed by atoms with Crippen LogP contribution in [0.1, 0.15) is 160 Å². The van der Waals surface area contributed by atoms with Crippen LogP contribution in [0.4, 0.5) is 4.39 Å². The van der Waals surface area contributed by atoms with Crippen molar-refractivity contribution in [1.82, 2.24) is 87.7 Å². The summed E-state index contributed by atoms with van der Waals surface area (Å²) in [5.41, 5.74) is 23.0. The van der Waals surface area contributed by atoms with Gasteiger partial charge in [-0.05, 0) is 192 Å². The van der Waals surface area contributed by atoms with Crippen molar-refractivity contribution in [2.45, 2.75) is 174 Å². The van der Waals surface area contributed by atoms with Crippen molar-refractivity contribution in [2.75, 3.05) is 52.4 Å². The van der Waals surface area contributed by atoms with Crippen molar-refractivity contribution < 1.29 is 4.39 Å². The van der Waals surface area contributed by atoms with Gasteiger partial charge in [0.2, 0.25) is 0 Å². The molecule has 18 nitrogen and oxygen atoms in total. The summed E-state index contributed by atoms with van der Waals surface area (Å²) in [5.74, 6) is 0.534. The first-order chi connectivity index (χ1) is 50.0. The van der Waals surface area contributed by atoms with Crippen LogP contribution in [0.2, 0.25) is 10.0 Å². The summed E-state index contributed by atoms with van der Waals surface area (Å²) >= 11 is 12.6. The van der Waals surface area contributed by atoms with Gasteiger partial charge in [-0.15, -0.1) is 0 Å². The van der Waals surface area contributed by atoms with Crippen LogP contribution in [0.3, 0.4) is 0 Å². The quantitative estimate of drug-likeness (QED) is 0.114. The molecule has 12 aromatic rings. The second-order valence-corrected chi connectivity index (χ2v) is 30.1. The number of nitrogens with zero attached hydrogens (tertiary/aromatic N) is 18. The lowest BCUT2D eigenvalue weighted by Crippen LogP contribution is -2.31. The summed E-state index contributed by atoms with van der Waals surface area (Å²) in [7, 11) is 0. The normalized spacial score (nSPS) is 19.8. The molecule has 20 heterocycles. The van der Waals surface area contributed by atoms with Crippen molar-refractivity contribution in [3.63, 3.8) is 0 Å². The van der Waals surface area contributed by atoms with E-state index in [9.17, 15) is 4.39 Å². The zero-order valence-electron chi connectivity index (χ0n) is 58.8. The van der Waals surface area contributed by atoms with E-state index in [-0.39, 0.29) is 5.82 Å². The topological polar surface area (TPSA) is 162 Å². The highest BCUT2D eigenvalue weighted by atomic mass is 35.5. The zero-order chi connectivity index (χ0) is 69.0. The maximum Gasteiger partial charge on any atom is 0.141 e. The Bertz CT molecular complexity index is 4700. The van der Waals surface area contributed by atoms with Crippen LogP contribution in [-0.4, -0.2) is 140 Å². The van der Waals surface area contributed by atoms with Crippen molar-refractivity contribution in [1.29, 1.82) is 0 Å². The van der Waals surface area contributed by atoms with Gasteiger partial charge in [-0.3, -0.25) is 39.5 Å². The van der Waals surface area contributed by atoms with Gasteiger partial charge >= 0.3 is 0 Å². The average molecular weight is 1400 g/mol. The Morgan fingerprint density at radius 3 is 1.21 bits per heavy atom. The Hall–Kier alpha value is -8.43. The molecule has 524 valence electrons. The van der Waals surface area contributed by atoms with E-state index < -0.39 is 0 Å². The molecule has 0 aromatic carbocycles. The fourth-order valence-corrected chi connectivity index (χ4v) is 18.9. The molecule has 20 rings (SSSR count). The molecule has 4 unspecified atom stereocenters. The number of fused-ring (bicyclic) bond motifs is 20. The summed E-state index contributed by atoms with van der Waals surface area (Å²) in [4.78, 5) is 55.5. The third kappa shape index (κ3) is 13.1. The van der Waals surface area contributed by atoms with Gasteiger partial charge in [-0.25, -0.2) is 34.3 Å². The molecule has 21 heteroatoms. The number of pyridine rings is 6. The molecule has 102 heavy (non-hydrogen) atoms. The molecule has 0 aliphatic carbocycles. The highest BCUT2D eigenvalue weighted by molar-refractivity contribution is 6.31. The third-order valence-electron chi connectivity index (χ3n) is 23.1. The van der Waals surface area contributed by atoms with E-state index >= 15 is 0 Å². The Morgan fingerprint density at radius 2 is 0.794 bits per heavy atom. The van der Waals surface area contributed by atoms with Crippen LogP contribution in [-0.2, 0) is 77.5 Å². The van der Waals surface area contributed by atoms with Gasteiger partial charge in [-0.2, -0.15) is 0 Å². The van der Waals surface area contributed by atoms with E-state index in [1.165, 1.54) is 181 Å². The van der Waals surface area contributed by atoms with Gasteiger partial charge < -0.3 is 18.3 Å². The fraction of sp³-hybridized carbons (Fsp3) is 0.432. The molecular weight excluding hydrogens is 1310 g/mol. The lowest BCUT2D eigenvalue weighted by atomic mass is 9.96. The van der Waals surface area contributed by atoms with Crippen LogP contribution in [0.5, 0.6) is 0 Å². The van der Waals surface area contributed by atoms with Gasteiger partial charge in [-0.1, -0.05) is 29.3 Å². The predicted molar refractivity (Wildman–Crippen MR) is 399 cm³/mol. The Balaban J connectivity index is 0.000000101. The summed E-state index contributed by atoms with van der Waals surface area (Å²) in [6.07, 6.45) is 38.0. The molecule has 12 aromatic heterocycles. The zero-order valence-corrected chi connectivity index (χ0v) is 60.4. The molecule has 0 radical (unpaired) electrons. The van der Waals surface area contributed by atoms with Crippen molar-refractivity contribution in [2.24, 2.45) is 0 Å². The Labute approximate surface area is 605 Å². The second kappa shape index (κ2) is 29.0. The molecule has 0 bridgehead atoms. The molecule has 4 saturated heterocycles. The van der Waals surface area contributed by atoms with Gasteiger partial charge in [0, 0.05) is 239 Å². The molecule has 8 aliphatic rings. The SMILES string of the molecule is Cc1cnc2c(c1)c1c(n2CCc2ccccn2)CCN2CCCC12.Cc1cnc2c(c1)c1c(n2CCc2cnc(C)nc2)CCN2CCCC12.Clc1cnc2c(c1)c1c(n2CCc2cnccn2)CCN2CCCC12.Fc1ccc(CCn2c3c(c4cc(Cl)cnc42)C2CCCN2CC3)nc1. The van der Waals surface area contributed by atoms with Crippen molar-refractivity contribution in [3.8, 4) is 0 Å². The van der Waals surface area contributed by atoms with Gasteiger partial charge in [0.1, 0.15) is 34.2 Å². The molecule has 4 fully saturated rings. The smallest absolute Gasteiger partial charge is 0.141 e. The highest BCUT2D eigenvalue weighted by Gasteiger charge is 2.40. The lowest BCUT2D eigenvalue weighted by molar-refractivity contribution is 0.242. The number of rotatable bonds is 12. The van der Waals surface area contributed by atoms with E-state index in [4.69, 9.17) is 33.2 Å². The van der Waals surface area contributed by atoms with E-state index in [0.717, 1.165) is 136 Å². The highest BCUT2D eigenvalue weighted by Crippen LogP contribution is 2.47. The molecular formula is C81H89Cl2FN18. The van der Waals surface area contributed by atoms with E-state index in [1.54, 1.807) is 42.0 Å². The summed E-state index contributed by atoms with van der Waals surface area (Å²) in [6.45, 7) is 19.3. The fourth-order valence-electron chi connectivity index (χ4n) is 18.6. The van der Waals surface area contributed by atoms with Crippen LogP contribution < -0.4 is 0 Å². The summed E-state index contributed by atoms with van der Waals surface area (Å²) in [5, 5.41) is 6.59. The van der Waals surface area contributed by atoms with Gasteiger partial charge in [0.05, 0.1) is 21.9 Å². The van der Waals surface area contributed by atoms with E-state index in [0.29, 0.717) is 29.2 Å². The number of hydrogen-bond acceptors (Lipinski definition) is 14. The number of aryl methyl sites for hydroxylation is 11. The maximum atomic E-state index is 13.1. The second-order valence-electron chi connectivity index (χ2n) is 29.3. The van der Waals surface area contributed by atoms with Crippen LogP contribution in [0, 0.1) is 26.6 Å². The monoisotopic (exact) mass is 1400 g/mol. The number of hydrogen-bond donors (Lipinski definition) is 0. The molecule has 0 N–H and O–H groups in total. The first-order valence-corrected chi connectivity index (χ1v) is 38.1. The van der Waals surface area contributed by atoms with Gasteiger partial charge in [0.15, 0.2) is 0 Å². The third-order valence-corrected chi connectivity index (χ3v) is 23.5. The maximum absolute atomic E-state index is 13.1. The first-order valence-electron chi connectivity index (χ1n) is 37.3. The molecule has 0 amide bonds. The first kappa shape index (κ1) is 66.8. The molecule has 0 saturated carbocycles. The minimum absolute atomic E-state index is 0.296. The predicted octanol–water partition coefficient (Wildman–Crippen LogP) is 14.6. The largest absolute Gasteiger partial charge is 0.329 e. The minimum atomic E-state index is -0.296. The molecule has 8 aliphatic heterocycles. The van der Waals surface area contributed by atoms with Crippen molar-refractivity contribution in [3.05, 3.63) is 223 Å². The molecule has 0 spiro atoms. The number of halogens is 3. The van der Waals surface area contributed by atoms with Crippen LogP contribution in [0.25, 0.3) is 44.1 Å². The average Bonchev–Trinajstić information content (AvgIpc) is 1.61. The van der Waals surface area contributed by atoms with E-state index in [1.807, 2.05) is 50.2 Å². The summed E-state index contributed by atoms with van der Waals surface area (Å²) in [6, 6.07) is 20.5. The summed E-state index contributed by atoms with van der Waals surface area (Å²) < 4.78 is 22.8. The molecule has 4 atom stereocenters. The Morgan fingerprint density at radius 1 is 0.382 bits per heavy atom. The number of aromatic nitrogens is 14. The standard InChI is InChI=1S/C21H25N5.C21H24N4.C20H20ClFN4.C19H20ClN5/c1-14-10-17-20-18-4-3-7-25(18)8-6-19(20)26(21(17)24-11-14)9-5-16-12-22-15(2)23-13-16;1-15-13-17-20-18-6-4-10-24(18)11-8-19(20)25(21(17)23-14-15)12-7-16-5-2-3-9-22-16;21-13-10-16-19-17-2-1-7-25(17)8-6-18(19)26(20(16)24-11-13)9-5-15-4-3-14(22)12-23-15;20-13-10-15-18-16-2-1-7-24(16)8-4-17(18)25(19(15)23-11-13)9-3-14-12-21-5-6-22-14/h10-13,18H,3-9H2,1-2H3;2-3,5,9,13-14,18H,4,6-8,10-12H2,1H3;3-4,10-12,17H,1-2,5-9H2;5-6,10-12,16H,1-4,7-9H2. The lowest BCUT2D eigenvalue weighted by Gasteiger charge is -2.31. The minimum Gasteiger partial charge on any atom is -0.329 e. The van der Waals surface area contributed by atoms with Crippen LogP contribution >= 0.6 is 23.2 Å². The van der Waals surface area contributed by atoms with Crippen LogP contribution in [0.15, 0.2) is 123 Å². The Kier molecular flexibility index (Phi) is 19.0. The van der Waals surface area contributed by atoms with Crippen molar-refractivity contribution >= 4 is 67.3 Å². The van der Waals surface area contributed by atoms with Gasteiger partial charge in [0.25, 0.3) is 0 Å².